The number of benzene rings is 4. The van der Waals surface area contributed by atoms with Gasteiger partial charge in [0.2, 0.25) is 5.91 Å². The van der Waals surface area contributed by atoms with Crippen molar-refractivity contribution in [3.05, 3.63) is 125 Å². The third-order valence-corrected chi connectivity index (χ3v) is 7.28. The Labute approximate surface area is 260 Å². The summed E-state index contributed by atoms with van der Waals surface area (Å²) in [6, 6.07) is 30.1. The second-order valence-electron chi connectivity index (χ2n) is 9.48. The van der Waals surface area contributed by atoms with Crippen LogP contribution in [0.4, 0.5) is 11.4 Å². The summed E-state index contributed by atoms with van der Waals surface area (Å²) in [5.74, 6) is -0.136. The Morgan fingerprint density at radius 2 is 1.60 bits per heavy atom. The lowest BCUT2D eigenvalue weighted by molar-refractivity contribution is -0.114. The SMILES string of the molecule is CCCCOc1ccc(NC(=O)CSc2cccc(NC(=O)/C(=C/c3cccc(Cl)c3)NC(=O)c3ccccc3)c2)cc1. The zero-order chi connectivity index (χ0) is 30.4. The molecular weight excluding hydrogens is 582 g/mol. The van der Waals surface area contributed by atoms with Gasteiger partial charge in [0.15, 0.2) is 0 Å². The first-order valence-electron chi connectivity index (χ1n) is 13.8. The lowest BCUT2D eigenvalue weighted by Gasteiger charge is -2.12. The minimum Gasteiger partial charge on any atom is -0.494 e. The van der Waals surface area contributed by atoms with E-state index in [-0.39, 0.29) is 17.4 Å². The molecule has 43 heavy (non-hydrogen) atoms. The van der Waals surface area contributed by atoms with E-state index >= 15 is 0 Å². The topological polar surface area (TPSA) is 96.5 Å². The fraction of sp³-hybridized carbons (Fsp3) is 0.147. The van der Waals surface area contributed by atoms with E-state index in [2.05, 4.69) is 22.9 Å². The number of ether oxygens (including phenoxy) is 1. The Hall–Kier alpha value is -4.53. The smallest absolute Gasteiger partial charge is 0.272 e. The van der Waals surface area contributed by atoms with E-state index in [1.54, 1.807) is 72.8 Å². The summed E-state index contributed by atoms with van der Waals surface area (Å²) in [7, 11) is 0. The third-order valence-electron chi connectivity index (χ3n) is 6.06. The highest BCUT2D eigenvalue weighted by Crippen LogP contribution is 2.23. The molecule has 0 aromatic heterocycles. The summed E-state index contributed by atoms with van der Waals surface area (Å²) < 4.78 is 5.66. The Kier molecular flexibility index (Phi) is 11.8. The highest BCUT2D eigenvalue weighted by Gasteiger charge is 2.16. The largest absolute Gasteiger partial charge is 0.494 e. The second kappa shape index (κ2) is 16.2. The zero-order valence-electron chi connectivity index (χ0n) is 23.6. The molecule has 0 aliphatic heterocycles. The van der Waals surface area contributed by atoms with Crippen molar-refractivity contribution in [1.29, 1.82) is 0 Å². The number of carbonyl (C=O) groups is 3. The lowest BCUT2D eigenvalue weighted by Crippen LogP contribution is -2.30. The molecule has 0 spiro atoms. The fourth-order valence-corrected chi connectivity index (χ4v) is 4.84. The molecule has 0 aliphatic rings. The molecule has 4 aromatic carbocycles. The summed E-state index contributed by atoms with van der Waals surface area (Å²) >= 11 is 7.47. The molecule has 0 radical (unpaired) electrons. The molecule has 9 heteroatoms. The fourth-order valence-electron chi connectivity index (χ4n) is 3.88. The summed E-state index contributed by atoms with van der Waals surface area (Å²) in [6.07, 6.45) is 3.62. The normalized spacial score (nSPS) is 11.0. The zero-order valence-corrected chi connectivity index (χ0v) is 25.2. The van der Waals surface area contributed by atoms with E-state index in [9.17, 15) is 14.4 Å². The van der Waals surface area contributed by atoms with Gasteiger partial charge in [0.25, 0.3) is 11.8 Å². The Morgan fingerprint density at radius 1 is 0.837 bits per heavy atom. The van der Waals surface area contributed by atoms with Gasteiger partial charge >= 0.3 is 0 Å². The molecule has 0 saturated carbocycles. The molecule has 0 saturated heterocycles. The van der Waals surface area contributed by atoms with Crippen LogP contribution in [0.2, 0.25) is 5.02 Å². The highest BCUT2D eigenvalue weighted by molar-refractivity contribution is 8.00. The first-order chi connectivity index (χ1) is 20.9. The Balaban J connectivity index is 1.38. The number of anilines is 2. The highest BCUT2D eigenvalue weighted by atomic mass is 35.5. The van der Waals surface area contributed by atoms with Gasteiger partial charge in [-0.05, 0) is 84.8 Å². The minimum absolute atomic E-state index is 0.0512. The van der Waals surface area contributed by atoms with Crippen molar-refractivity contribution in [2.75, 3.05) is 23.0 Å². The van der Waals surface area contributed by atoms with E-state index < -0.39 is 11.8 Å². The molecule has 7 nitrogen and oxygen atoms in total. The van der Waals surface area contributed by atoms with Gasteiger partial charge in [-0.15, -0.1) is 11.8 Å². The van der Waals surface area contributed by atoms with E-state index in [4.69, 9.17) is 16.3 Å². The van der Waals surface area contributed by atoms with Gasteiger partial charge in [0.1, 0.15) is 11.4 Å². The maximum absolute atomic E-state index is 13.3. The van der Waals surface area contributed by atoms with Crippen molar-refractivity contribution in [2.24, 2.45) is 0 Å². The number of hydrogen-bond acceptors (Lipinski definition) is 5. The molecule has 0 heterocycles. The molecule has 4 aromatic rings. The van der Waals surface area contributed by atoms with Gasteiger partial charge < -0.3 is 20.7 Å². The van der Waals surface area contributed by atoms with Gasteiger partial charge in [0, 0.05) is 26.9 Å². The standard InChI is InChI=1S/C34H32ClN3O4S/c1-2-3-19-42-29-17-15-27(16-18-29)36-32(39)23-43-30-14-8-13-28(22-30)37-34(41)31(21-24-9-7-12-26(35)20-24)38-33(40)25-10-5-4-6-11-25/h4-18,20-22H,2-3,19,23H2,1H3,(H,36,39)(H,37,41)(H,38,40)/b31-21-. The van der Waals surface area contributed by atoms with Crippen LogP contribution in [0.3, 0.4) is 0 Å². The molecule has 0 bridgehead atoms. The van der Waals surface area contributed by atoms with Crippen LogP contribution in [0.25, 0.3) is 6.08 Å². The number of thioether (sulfide) groups is 1. The number of rotatable bonds is 13. The van der Waals surface area contributed by atoms with Crippen molar-refractivity contribution in [3.63, 3.8) is 0 Å². The molecule has 0 aliphatic carbocycles. The maximum atomic E-state index is 13.3. The monoisotopic (exact) mass is 613 g/mol. The van der Waals surface area contributed by atoms with Gasteiger partial charge in [-0.1, -0.05) is 61.3 Å². The molecule has 3 amide bonds. The summed E-state index contributed by atoms with van der Waals surface area (Å²) in [6.45, 7) is 2.78. The van der Waals surface area contributed by atoms with Crippen LogP contribution in [0.1, 0.15) is 35.7 Å². The number of amides is 3. The molecule has 0 fully saturated rings. The van der Waals surface area contributed by atoms with Gasteiger partial charge in [-0.3, -0.25) is 14.4 Å². The molecule has 0 atom stereocenters. The van der Waals surface area contributed by atoms with Crippen molar-refractivity contribution < 1.29 is 19.1 Å². The maximum Gasteiger partial charge on any atom is 0.272 e. The quantitative estimate of drug-likeness (QED) is 0.0817. The van der Waals surface area contributed by atoms with Crippen molar-refractivity contribution in [1.82, 2.24) is 5.32 Å². The van der Waals surface area contributed by atoms with Crippen LogP contribution in [-0.2, 0) is 9.59 Å². The van der Waals surface area contributed by atoms with E-state index in [0.717, 1.165) is 23.5 Å². The molecule has 0 unspecified atom stereocenters. The lowest BCUT2D eigenvalue weighted by atomic mass is 10.1. The third kappa shape index (κ3) is 10.4. The number of unbranched alkanes of at least 4 members (excludes halogenated alkanes) is 1. The number of hydrogen-bond donors (Lipinski definition) is 3. The first-order valence-corrected chi connectivity index (χ1v) is 15.2. The molecule has 4 rings (SSSR count). The average molecular weight is 614 g/mol. The summed E-state index contributed by atoms with van der Waals surface area (Å²) in [4.78, 5) is 39.6. The predicted molar refractivity (Wildman–Crippen MR) is 175 cm³/mol. The van der Waals surface area contributed by atoms with Crippen LogP contribution >= 0.6 is 23.4 Å². The predicted octanol–water partition coefficient (Wildman–Crippen LogP) is 7.66. The summed E-state index contributed by atoms with van der Waals surface area (Å²) in [5, 5.41) is 8.95. The van der Waals surface area contributed by atoms with Crippen LogP contribution in [0.15, 0.2) is 114 Å². The first kappa shape index (κ1) is 31.4. The van der Waals surface area contributed by atoms with Gasteiger partial charge in [0.05, 0.1) is 12.4 Å². The van der Waals surface area contributed by atoms with Gasteiger partial charge in [-0.25, -0.2) is 0 Å². The second-order valence-corrected chi connectivity index (χ2v) is 11.0. The van der Waals surface area contributed by atoms with E-state index in [0.29, 0.717) is 34.1 Å². The van der Waals surface area contributed by atoms with Crippen LogP contribution in [-0.4, -0.2) is 30.1 Å². The molecule has 3 N–H and O–H groups in total. The number of nitrogens with one attached hydrogen (secondary N) is 3. The summed E-state index contributed by atoms with van der Waals surface area (Å²) in [5.41, 5.74) is 2.32. The van der Waals surface area contributed by atoms with E-state index in [1.807, 2.05) is 36.4 Å². The van der Waals surface area contributed by atoms with Crippen molar-refractivity contribution >= 4 is 58.5 Å². The van der Waals surface area contributed by atoms with Gasteiger partial charge in [-0.2, -0.15) is 0 Å². The van der Waals surface area contributed by atoms with Crippen LogP contribution in [0.5, 0.6) is 5.75 Å². The number of halogens is 1. The Bertz CT molecular complexity index is 1580. The van der Waals surface area contributed by atoms with Crippen molar-refractivity contribution in [2.45, 2.75) is 24.7 Å². The Morgan fingerprint density at radius 3 is 2.35 bits per heavy atom. The van der Waals surface area contributed by atoms with Crippen molar-refractivity contribution in [3.8, 4) is 5.75 Å². The van der Waals surface area contributed by atoms with Crippen LogP contribution in [0, 0.1) is 0 Å². The molecular formula is C34H32ClN3O4S. The van der Waals surface area contributed by atoms with Crippen LogP contribution < -0.4 is 20.7 Å². The average Bonchev–Trinajstić information content (AvgIpc) is 3.01. The number of carbonyl (C=O) groups excluding carboxylic acids is 3. The minimum atomic E-state index is -0.508. The molecule has 220 valence electrons. The van der Waals surface area contributed by atoms with E-state index in [1.165, 1.54) is 11.8 Å².